The van der Waals surface area contributed by atoms with Gasteiger partial charge in [0.15, 0.2) is 0 Å². The lowest BCUT2D eigenvalue weighted by Crippen LogP contribution is -2.21. The molecule has 15 heavy (non-hydrogen) atoms. The molecule has 2 N–H and O–H groups in total. The molecule has 1 amide bonds. The second kappa shape index (κ2) is 4.59. The van der Waals surface area contributed by atoms with Gasteiger partial charge >= 0.3 is 0 Å². The van der Waals surface area contributed by atoms with Crippen molar-refractivity contribution < 1.29 is 10.0 Å². The quantitative estimate of drug-likeness (QED) is 0.442. The fraction of sp³-hybridized carbons (Fsp3) is 0.273. The topological polar surface area (TPSA) is 61.7 Å². The fourth-order valence-electron chi connectivity index (χ4n) is 1.26. The predicted molar refractivity (Wildman–Crippen MR) is 59.4 cm³/mol. The van der Waals surface area contributed by atoms with Crippen molar-refractivity contribution in [2.45, 2.75) is 20.8 Å². The summed E-state index contributed by atoms with van der Waals surface area (Å²) < 4.78 is 0. The largest absolute Gasteiger partial charge is 0.410 e. The summed E-state index contributed by atoms with van der Waals surface area (Å²) in [5.41, 5.74) is 2.77. The minimum absolute atomic E-state index is 0.0395. The van der Waals surface area contributed by atoms with Crippen molar-refractivity contribution in [1.29, 1.82) is 0 Å². The van der Waals surface area contributed by atoms with Crippen molar-refractivity contribution in [3.63, 3.8) is 0 Å². The van der Waals surface area contributed by atoms with E-state index >= 15 is 0 Å². The number of benzene rings is 1. The monoisotopic (exact) mass is 206 g/mol. The van der Waals surface area contributed by atoms with Gasteiger partial charge in [-0.15, -0.1) is 0 Å². The van der Waals surface area contributed by atoms with E-state index in [1.54, 1.807) is 0 Å². The molecule has 0 atom stereocenters. The van der Waals surface area contributed by atoms with E-state index in [-0.39, 0.29) is 5.71 Å². The molecule has 0 aliphatic carbocycles. The third-order valence-electron chi connectivity index (χ3n) is 2.20. The predicted octanol–water partition coefficient (Wildman–Crippen LogP) is 2.09. The van der Waals surface area contributed by atoms with E-state index in [4.69, 9.17) is 5.21 Å². The van der Waals surface area contributed by atoms with E-state index in [0.29, 0.717) is 0 Å². The van der Waals surface area contributed by atoms with Crippen LogP contribution in [-0.4, -0.2) is 16.8 Å². The number of amides is 1. The molecule has 0 heterocycles. The molecular weight excluding hydrogens is 192 g/mol. The van der Waals surface area contributed by atoms with Crippen molar-refractivity contribution in [3.05, 3.63) is 29.3 Å². The van der Waals surface area contributed by atoms with Gasteiger partial charge in [0.1, 0.15) is 5.71 Å². The molecule has 0 aromatic heterocycles. The molecule has 0 saturated heterocycles. The zero-order valence-corrected chi connectivity index (χ0v) is 9.03. The second-order valence-electron chi connectivity index (χ2n) is 3.41. The first-order valence-electron chi connectivity index (χ1n) is 4.62. The summed E-state index contributed by atoms with van der Waals surface area (Å²) in [6.45, 7) is 5.27. The lowest BCUT2D eigenvalue weighted by molar-refractivity contribution is -0.110. The number of oxime groups is 1. The van der Waals surface area contributed by atoms with Gasteiger partial charge < -0.3 is 10.5 Å². The summed E-state index contributed by atoms with van der Waals surface area (Å²) in [7, 11) is 0. The molecule has 1 aromatic rings. The highest BCUT2D eigenvalue weighted by Gasteiger charge is 2.09. The van der Waals surface area contributed by atoms with Crippen molar-refractivity contribution in [3.8, 4) is 0 Å². The average Bonchev–Trinajstić information content (AvgIpc) is 2.22. The molecule has 0 radical (unpaired) electrons. The standard InChI is InChI=1S/C11H14N2O2/c1-7-5-4-6-8(2)10(7)12-11(14)9(3)13-15/h4-6,15H,1-3H3,(H,12,14)/b13-9-. The van der Waals surface area contributed by atoms with Gasteiger partial charge in [0.25, 0.3) is 5.91 Å². The maximum atomic E-state index is 11.4. The Morgan fingerprint density at radius 1 is 1.33 bits per heavy atom. The van der Waals surface area contributed by atoms with E-state index in [1.165, 1.54) is 6.92 Å². The van der Waals surface area contributed by atoms with Crippen LogP contribution in [0, 0.1) is 13.8 Å². The molecule has 0 saturated carbocycles. The Kier molecular flexibility index (Phi) is 3.44. The smallest absolute Gasteiger partial charge is 0.273 e. The van der Waals surface area contributed by atoms with Crippen molar-refractivity contribution in [1.82, 2.24) is 0 Å². The minimum atomic E-state index is -0.394. The van der Waals surface area contributed by atoms with Crippen LogP contribution in [0.5, 0.6) is 0 Å². The van der Waals surface area contributed by atoms with Gasteiger partial charge in [0.2, 0.25) is 0 Å². The number of carbonyl (C=O) groups is 1. The number of rotatable bonds is 2. The summed E-state index contributed by atoms with van der Waals surface area (Å²) in [6.07, 6.45) is 0. The normalized spacial score (nSPS) is 11.3. The van der Waals surface area contributed by atoms with Gasteiger partial charge in [0.05, 0.1) is 0 Å². The van der Waals surface area contributed by atoms with Gasteiger partial charge in [-0.1, -0.05) is 23.4 Å². The van der Waals surface area contributed by atoms with Gasteiger partial charge in [0, 0.05) is 5.69 Å². The van der Waals surface area contributed by atoms with E-state index in [9.17, 15) is 4.79 Å². The van der Waals surface area contributed by atoms with Crippen LogP contribution < -0.4 is 5.32 Å². The summed E-state index contributed by atoms with van der Waals surface area (Å²) in [4.78, 5) is 11.4. The molecule has 1 aromatic carbocycles. The van der Waals surface area contributed by atoms with Gasteiger partial charge in [-0.25, -0.2) is 0 Å². The van der Waals surface area contributed by atoms with E-state index < -0.39 is 5.91 Å². The average molecular weight is 206 g/mol. The van der Waals surface area contributed by atoms with Crippen LogP contribution in [-0.2, 0) is 4.79 Å². The number of nitrogens with one attached hydrogen (secondary N) is 1. The summed E-state index contributed by atoms with van der Waals surface area (Å²) in [6, 6.07) is 5.75. The van der Waals surface area contributed by atoms with Crippen LogP contribution in [0.1, 0.15) is 18.1 Å². The molecule has 80 valence electrons. The summed E-state index contributed by atoms with van der Waals surface area (Å²) >= 11 is 0. The van der Waals surface area contributed by atoms with Crippen LogP contribution in [0.4, 0.5) is 5.69 Å². The molecule has 4 heteroatoms. The van der Waals surface area contributed by atoms with Crippen LogP contribution >= 0.6 is 0 Å². The van der Waals surface area contributed by atoms with Gasteiger partial charge in [-0.3, -0.25) is 4.79 Å². The SMILES string of the molecule is C/C(=N/O)C(=O)Nc1c(C)cccc1C. The number of nitrogens with zero attached hydrogens (tertiary/aromatic N) is 1. The summed E-state index contributed by atoms with van der Waals surface area (Å²) in [5.74, 6) is -0.394. The number of hydrogen-bond acceptors (Lipinski definition) is 3. The third-order valence-corrected chi connectivity index (χ3v) is 2.20. The Labute approximate surface area is 88.6 Å². The Morgan fingerprint density at radius 2 is 1.87 bits per heavy atom. The van der Waals surface area contributed by atoms with Crippen LogP contribution in [0.25, 0.3) is 0 Å². The van der Waals surface area contributed by atoms with E-state index in [2.05, 4.69) is 10.5 Å². The highest BCUT2D eigenvalue weighted by molar-refractivity contribution is 6.42. The van der Waals surface area contributed by atoms with Crippen LogP contribution in [0.15, 0.2) is 23.4 Å². The van der Waals surface area contributed by atoms with E-state index in [0.717, 1.165) is 16.8 Å². The first kappa shape index (κ1) is 11.2. The fourth-order valence-corrected chi connectivity index (χ4v) is 1.26. The number of hydrogen-bond donors (Lipinski definition) is 2. The molecular formula is C11H14N2O2. The zero-order valence-electron chi connectivity index (χ0n) is 9.03. The highest BCUT2D eigenvalue weighted by Crippen LogP contribution is 2.19. The van der Waals surface area contributed by atoms with Gasteiger partial charge in [-0.2, -0.15) is 0 Å². The lowest BCUT2D eigenvalue weighted by atomic mass is 10.1. The third kappa shape index (κ3) is 2.56. The highest BCUT2D eigenvalue weighted by atomic mass is 16.4. The van der Waals surface area contributed by atoms with Crippen molar-refractivity contribution in [2.24, 2.45) is 5.16 Å². The van der Waals surface area contributed by atoms with Gasteiger partial charge in [-0.05, 0) is 31.9 Å². The molecule has 0 aliphatic rings. The van der Waals surface area contributed by atoms with Crippen molar-refractivity contribution >= 4 is 17.3 Å². The molecule has 0 bridgehead atoms. The van der Waals surface area contributed by atoms with Crippen LogP contribution in [0.2, 0.25) is 0 Å². The first-order valence-corrected chi connectivity index (χ1v) is 4.62. The Morgan fingerprint density at radius 3 is 2.33 bits per heavy atom. The maximum Gasteiger partial charge on any atom is 0.273 e. The molecule has 0 aliphatic heterocycles. The molecule has 4 nitrogen and oxygen atoms in total. The molecule has 0 fully saturated rings. The lowest BCUT2D eigenvalue weighted by Gasteiger charge is -2.10. The van der Waals surface area contributed by atoms with Crippen molar-refractivity contribution in [2.75, 3.05) is 5.32 Å². The Bertz CT molecular complexity index is 391. The Balaban J connectivity index is 2.95. The first-order chi connectivity index (χ1) is 7.06. The number of anilines is 1. The number of carbonyl (C=O) groups excluding carboxylic acids is 1. The Hall–Kier alpha value is -1.84. The van der Waals surface area contributed by atoms with E-state index in [1.807, 2.05) is 32.0 Å². The number of aryl methyl sites for hydroxylation is 2. The second-order valence-corrected chi connectivity index (χ2v) is 3.41. The zero-order chi connectivity index (χ0) is 11.4. The molecule has 0 unspecified atom stereocenters. The molecule has 0 spiro atoms. The minimum Gasteiger partial charge on any atom is -0.410 e. The maximum absolute atomic E-state index is 11.4. The number of para-hydroxylation sites is 1. The summed E-state index contributed by atoms with van der Waals surface area (Å²) in [5, 5.41) is 14.0. The molecule has 1 rings (SSSR count). The van der Waals surface area contributed by atoms with Crippen LogP contribution in [0.3, 0.4) is 0 Å².